The van der Waals surface area contributed by atoms with Gasteiger partial charge in [0.25, 0.3) is 0 Å². The average molecular weight is 242 g/mol. The number of nitrogens with two attached hydrogens (primary N) is 1. The van der Waals surface area contributed by atoms with E-state index < -0.39 is 0 Å². The first-order chi connectivity index (χ1) is 7.33. The molecule has 2 N–H and O–H groups in total. The zero-order chi connectivity index (χ0) is 12.3. The van der Waals surface area contributed by atoms with E-state index in [1.165, 1.54) is 19.4 Å². The zero-order valence-electron chi connectivity index (χ0n) is 11.1. The second-order valence-corrected chi connectivity index (χ2v) is 6.47. The normalized spacial score (nSPS) is 17.1. The number of hydrogen-bond donors (Lipinski definition) is 1. The Morgan fingerprint density at radius 2 is 2.00 bits per heavy atom. The van der Waals surface area contributed by atoms with E-state index in [2.05, 4.69) is 32.6 Å². The Kier molecular flexibility index (Phi) is 4.74. The molecule has 0 aromatic rings. The molecule has 0 heterocycles. The van der Waals surface area contributed by atoms with Gasteiger partial charge in [-0.05, 0) is 45.6 Å². The lowest BCUT2D eigenvalue weighted by molar-refractivity contribution is 0.193. The molecular formula is C13H26N2S. The summed E-state index contributed by atoms with van der Waals surface area (Å²) in [5.74, 6) is 0.954. The van der Waals surface area contributed by atoms with Gasteiger partial charge in [-0.3, -0.25) is 0 Å². The van der Waals surface area contributed by atoms with E-state index in [1.807, 2.05) is 0 Å². The van der Waals surface area contributed by atoms with Crippen LogP contribution in [0, 0.1) is 11.3 Å². The lowest BCUT2D eigenvalue weighted by Crippen LogP contribution is -2.38. The largest absolute Gasteiger partial charge is 0.393 e. The summed E-state index contributed by atoms with van der Waals surface area (Å²) in [6, 6.07) is 0.628. The third-order valence-corrected chi connectivity index (χ3v) is 4.16. The summed E-state index contributed by atoms with van der Waals surface area (Å²) in [5.41, 5.74) is 5.75. The number of hydrogen-bond acceptors (Lipinski definition) is 2. The summed E-state index contributed by atoms with van der Waals surface area (Å²) in [7, 11) is 0. The van der Waals surface area contributed by atoms with Crippen molar-refractivity contribution in [2.24, 2.45) is 17.1 Å². The van der Waals surface area contributed by atoms with Crippen LogP contribution in [0.5, 0.6) is 0 Å². The van der Waals surface area contributed by atoms with E-state index in [4.69, 9.17) is 18.0 Å². The predicted molar refractivity (Wildman–Crippen MR) is 74.6 cm³/mol. The van der Waals surface area contributed by atoms with Crippen molar-refractivity contribution in [3.8, 4) is 0 Å². The molecule has 94 valence electrons. The molecule has 0 bridgehead atoms. The van der Waals surface area contributed by atoms with Gasteiger partial charge in [-0.15, -0.1) is 0 Å². The van der Waals surface area contributed by atoms with Crippen molar-refractivity contribution in [2.75, 3.05) is 13.1 Å². The van der Waals surface area contributed by atoms with Crippen LogP contribution < -0.4 is 5.73 Å². The van der Waals surface area contributed by atoms with Gasteiger partial charge in [-0.25, -0.2) is 0 Å². The Bertz CT molecular complexity index is 244. The standard InChI is InChI=1S/C13H26N2S/c1-10(2)15(9-11-5-6-11)8-7-13(3,4)12(14)16/h10-11H,5-9H2,1-4H3,(H2,14,16). The van der Waals surface area contributed by atoms with Gasteiger partial charge in [0.15, 0.2) is 0 Å². The lowest BCUT2D eigenvalue weighted by atomic mass is 9.89. The van der Waals surface area contributed by atoms with Crippen molar-refractivity contribution in [1.29, 1.82) is 0 Å². The molecule has 3 heteroatoms. The fourth-order valence-electron chi connectivity index (χ4n) is 1.74. The Balaban J connectivity index is 2.39. The highest BCUT2D eigenvalue weighted by Gasteiger charge is 2.27. The van der Waals surface area contributed by atoms with Crippen molar-refractivity contribution < 1.29 is 0 Å². The smallest absolute Gasteiger partial charge is 0.0784 e. The maximum absolute atomic E-state index is 5.76. The monoisotopic (exact) mass is 242 g/mol. The van der Waals surface area contributed by atoms with Crippen LogP contribution in [-0.2, 0) is 0 Å². The molecule has 0 aromatic carbocycles. The summed E-state index contributed by atoms with van der Waals surface area (Å²) in [5, 5.41) is 0. The molecule has 0 amide bonds. The second kappa shape index (κ2) is 5.46. The van der Waals surface area contributed by atoms with Crippen molar-refractivity contribution in [3.05, 3.63) is 0 Å². The molecule has 1 aliphatic rings. The van der Waals surface area contributed by atoms with Crippen LogP contribution in [0.25, 0.3) is 0 Å². The summed E-state index contributed by atoms with van der Waals surface area (Å²) >= 11 is 5.11. The van der Waals surface area contributed by atoms with Gasteiger partial charge < -0.3 is 10.6 Å². The molecule has 2 nitrogen and oxygen atoms in total. The predicted octanol–water partition coefficient (Wildman–Crippen LogP) is 2.81. The summed E-state index contributed by atoms with van der Waals surface area (Å²) in [4.78, 5) is 3.21. The fourth-order valence-corrected chi connectivity index (χ4v) is 1.84. The number of nitrogens with zero attached hydrogens (tertiary/aromatic N) is 1. The van der Waals surface area contributed by atoms with E-state index in [0.29, 0.717) is 11.0 Å². The SMILES string of the molecule is CC(C)N(CCC(C)(C)C(N)=S)CC1CC1. The molecular weight excluding hydrogens is 216 g/mol. The van der Waals surface area contributed by atoms with Crippen molar-refractivity contribution in [1.82, 2.24) is 4.90 Å². The highest BCUT2D eigenvalue weighted by molar-refractivity contribution is 7.80. The molecule has 0 unspecified atom stereocenters. The molecule has 16 heavy (non-hydrogen) atoms. The molecule has 0 radical (unpaired) electrons. The van der Waals surface area contributed by atoms with Gasteiger partial charge in [0, 0.05) is 18.0 Å². The molecule has 1 saturated carbocycles. The highest BCUT2D eigenvalue weighted by Crippen LogP contribution is 2.31. The van der Waals surface area contributed by atoms with Crippen LogP contribution >= 0.6 is 12.2 Å². The molecule has 0 aliphatic heterocycles. The van der Waals surface area contributed by atoms with Gasteiger partial charge >= 0.3 is 0 Å². The minimum absolute atomic E-state index is 0.00791. The number of rotatable bonds is 7. The summed E-state index contributed by atoms with van der Waals surface area (Å²) < 4.78 is 0. The van der Waals surface area contributed by atoms with Crippen LogP contribution in [0.15, 0.2) is 0 Å². The van der Waals surface area contributed by atoms with E-state index in [-0.39, 0.29) is 5.41 Å². The Hall–Kier alpha value is -0.150. The van der Waals surface area contributed by atoms with Crippen LogP contribution in [0.2, 0.25) is 0 Å². The van der Waals surface area contributed by atoms with Gasteiger partial charge in [-0.1, -0.05) is 26.1 Å². The van der Waals surface area contributed by atoms with Gasteiger partial charge in [-0.2, -0.15) is 0 Å². The third-order valence-electron chi connectivity index (χ3n) is 3.61. The quantitative estimate of drug-likeness (QED) is 0.696. The van der Waals surface area contributed by atoms with Crippen LogP contribution in [0.1, 0.15) is 47.0 Å². The van der Waals surface area contributed by atoms with Gasteiger partial charge in [0.05, 0.1) is 4.99 Å². The first-order valence-corrected chi connectivity index (χ1v) is 6.77. The van der Waals surface area contributed by atoms with Crippen LogP contribution in [0.3, 0.4) is 0 Å². The Morgan fingerprint density at radius 1 is 1.44 bits per heavy atom. The lowest BCUT2D eigenvalue weighted by Gasteiger charge is -2.31. The van der Waals surface area contributed by atoms with Crippen LogP contribution in [0.4, 0.5) is 0 Å². The van der Waals surface area contributed by atoms with Crippen LogP contribution in [-0.4, -0.2) is 29.0 Å². The third kappa shape index (κ3) is 4.38. The Labute approximate surface area is 106 Å². The van der Waals surface area contributed by atoms with Crippen molar-refractivity contribution >= 4 is 17.2 Å². The molecule has 0 aromatic heterocycles. The van der Waals surface area contributed by atoms with Crippen molar-refractivity contribution in [2.45, 2.75) is 53.0 Å². The van der Waals surface area contributed by atoms with Gasteiger partial charge in [0.2, 0.25) is 0 Å². The Morgan fingerprint density at radius 3 is 2.38 bits per heavy atom. The molecule has 1 fully saturated rings. The van der Waals surface area contributed by atoms with E-state index >= 15 is 0 Å². The zero-order valence-corrected chi connectivity index (χ0v) is 11.9. The average Bonchev–Trinajstić information content (AvgIpc) is 2.94. The molecule has 1 aliphatic carbocycles. The summed E-state index contributed by atoms with van der Waals surface area (Å²) in [6.45, 7) is 11.2. The maximum Gasteiger partial charge on any atom is 0.0784 e. The van der Waals surface area contributed by atoms with Gasteiger partial charge in [0.1, 0.15) is 0 Å². The molecule has 0 saturated heterocycles. The number of thiocarbonyl (C=S) groups is 1. The first-order valence-electron chi connectivity index (χ1n) is 6.37. The second-order valence-electron chi connectivity index (χ2n) is 6.03. The molecule has 0 spiro atoms. The fraction of sp³-hybridized carbons (Fsp3) is 0.923. The van der Waals surface area contributed by atoms with Crippen molar-refractivity contribution in [3.63, 3.8) is 0 Å². The first kappa shape index (κ1) is 13.9. The summed E-state index contributed by atoms with van der Waals surface area (Å²) in [6.07, 6.45) is 3.90. The van der Waals surface area contributed by atoms with E-state index in [1.54, 1.807) is 0 Å². The topological polar surface area (TPSA) is 29.3 Å². The van der Waals surface area contributed by atoms with E-state index in [0.717, 1.165) is 18.9 Å². The molecule has 1 rings (SSSR count). The minimum Gasteiger partial charge on any atom is -0.393 e. The maximum atomic E-state index is 5.76. The van der Waals surface area contributed by atoms with E-state index in [9.17, 15) is 0 Å². The highest BCUT2D eigenvalue weighted by atomic mass is 32.1. The minimum atomic E-state index is -0.00791. The molecule has 0 atom stereocenters.